The lowest BCUT2D eigenvalue weighted by atomic mass is 9.95. The molecule has 8 heteroatoms. The third kappa shape index (κ3) is 3.61. The first kappa shape index (κ1) is 18.9. The van der Waals surface area contributed by atoms with Gasteiger partial charge in [-0.15, -0.1) is 0 Å². The van der Waals surface area contributed by atoms with Gasteiger partial charge in [-0.05, 0) is 32.8 Å². The molecular weight excluding hydrogens is 356 g/mol. The number of amides is 1. The maximum atomic E-state index is 12.7. The van der Waals surface area contributed by atoms with Crippen LogP contribution in [0.5, 0.6) is 0 Å². The number of ether oxygens (including phenoxy) is 1. The summed E-state index contributed by atoms with van der Waals surface area (Å²) in [6.45, 7) is 8.82. The van der Waals surface area contributed by atoms with E-state index in [1.807, 2.05) is 4.90 Å². The van der Waals surface area contributed by atoms with E-state index < -0.39 is 0 Å². The smallest absolute Gasteiger partial charge is 0.272 e. The fourth-order valence-corrected chi connectivity index (χ4v) is 3.99. The maximum Gasteiger partial charge on any atom is 0.272 e. The minimum absolute atomic E-state index is 0.0495. The molecule has 1 amide bonds. The van der Waals surface area contributed by atoms with Crippen molar-refractivity contribution in [2.75, 3.05) is 44.3 Å². The van der Waals surface area contributed by atoms with Crippen molar-refractivity contribution < 1.29 is 9.53 Å². The lowest BCUT2D eigenvalue weighted by Gasteiger charge is -2.33. The Morgan fingerprint density at radius 3 is 2.46 bits per heavy atom. The van der Waals surface area contributed by atoms with Gasteiger partial charge in [0.15, 0.2) is 0 Å². The van der Waals surface area contributed by atoms with E-state index >= 15 is 0 Å². The Balaban J connectivity index is 1.48. The van der Waals surface area contributed by atoms with Crippen LogP contribution in [-0.2, 0) is 11.8 Å². The van der Waals surface area contributed by atoms with E-state index in [9.17, 15) is 4.79 Å². The fourth-order valence-electron chi connectivity index (χ4n) is 3.99. The number of aromatic nitrogens is 4. The van der Waals surface area contributed by atoms with Crippen molar-refractivity contribution in [3.63, 3.8) is 0 Å². The van der Waals surface area contributed by atoms with Gasteiger partial charge in [0, 0.05) is 56.6 Å². The predicted molar refractivity (Wildman–Crippen MR) is 106 cm³/mol. The van der Waals surface area contributed by atoms with E-state index in [0.717, 1.165) is 75.1 Å². The highest BCUT2D eigenvalue weighted by atomic mass is 16.5. The number of carbonyl (C=O) groups excluding carboxylic acids is 1. The van der Waals surface area contributed by atoms with Gasteiger partial charge >= 0.3 is 0 Å². The third-order valence-corrected chi connectivity index (χ3v) is 5.88. The second kappa shape index (κ2) is 7.87. The average molecular weight is 384 g/mol. The molecule has 28 heavy (non-hydrogen) atoms. The van der Waals surface area contributed by atoms with E-state index in [1.165, 1.54) is 0 Å². The van der Waals surface area contributed by atoms with Gasteiger partial charge in [0.25, 0.3) is 5.91 Å². The first-order valence-corrected chi connectivity index (χ1v) is 9.99. The molecule has 2 aromatic rings. The number of aryl methyl sites for hydroxylation is 2. The van der Waals surface area contributed by atoms with Crippen molar-refractivity contribution in [2.45, 2.75) is 32.6 Å². The van der Waals surface area contributed by atoms with Crippen LogP contribution in [0.3, 0.4) is 0 Å². The molecule has 150 valence electrons. The van der Waals surface area contributed by atoms with Crippen LogP contribution in [0.4, 0.5) is 5.82 Å². The second-order valence-corrected chi connectivity index (χ2v) is 7.62. The van der Waals surface area contributed by atoms with Crippen molar-refractivity contribution >= 4 is 11.7 Å². The fraction of sp³-hybridized carbons (Fsp3) is 0.600. The zero-order chi connectivity index (χ0) is 19.7. The van der Waals surface area contributed by atoms with Gasteiger partial charge in [-0.3, -0.25) is 9.48 Å². The molecule has 2 aromatic heterocycles. The van der Waals surface area contributed by atoms with Crippen LogP contribution < -0.4 is 4.90 Å². The molecule has 0 radical (unpaired) electrons. The summed E-state index contributed by atoms with van der Waals surface area (Å²) in [6, 6.07) is 1.77. The summed E-state index contributed by atoms with van der Waals surface area (Å²) in [4.78, 5) is 26.7. The number of anilines is 1. The number of nitrogens with zero attached hydrogens (tertiary/aromatic N) is 6. The lowest BCUT2D eigenvalue weighted by Crippen LogP contribution is -2.39. The number of hydrogen-bond acceptors (Lipinski definition) is 6. The summed E-state index contributed by atoms with van der Waals surface area (Å²) >= 11 is 0. The summed E-state index contributed by atoms with van der Waals surface area (Å²) < 4.78 is 7.12. The van der Waals surface area contributed by atoms with Crippen molar-refractivity contribution in [1.82, 2.24) is 24.6 Å². The number of hydrogen-bond donors (Lipinski definition) is 0. The van der Waals surface area contributed by atoms with Gasteiger partial charge in [-0.25, -0.2) is 9.97 Å². The first-order chi connectivity index (χ1) is 13.5. The summed E-state index contributed by atoms with van der Waals surface area (Å²) in [7, 11) is 1.80. The van der Waals surface area contributed by atoms with Gasteiger partial charge in [0.2, 0.25) is 0 Å². The molecule has 4 rings (SSSR count). The van der Waals surface area contributed by atoms with E-state index in [1.54, 1.807) is 24.0 Å². The van der Waals surface area contributed by atoms with Gasteiger partial charge in [-0.2, -0.15) is 5.10 Å². The lowest BCUT2D eigenvalue weighted by molar-refractivity contribution is 0.0700. The molecule has 2 aliphatic rings. The molecule has 0 bridgehead atoms. The number of piperidine rings is 1. The summed E-state index contributed by atoms with van der Waals surface area (Å²) in [5.41, 5.74) is 2.82. The van der Waals surface area contributed by atoms with Crippen LogP contribution >= 0.6 is 0 Å². The molecule has 0 spiro atoms. The van der Waals surface area contributed by atoms with Crippen LogP contribution in [0.15, 0.2) is 12.3 Å². The molecule has 0 atom stereocenters. The first-order valence-electron chi connectivity index (χ1n) is 9.99. The predicted octanol–water partition coefficient (Wildman–Crippen LogP) is 1.68. The van der Waals surface area contributed by atoms with E-state index in [4.69, 9.17) is 14.7 Å². The topological polar surface area (TPSA) is 76.4 Å². The Morgan fingerprint density at radius 2 is 1.82 bits per heavy atom. The monoisotopic (exact) mass is 384 g/mol. The number of likely N-dealkylation sites (tertiary alicyclic amines) is 1. The van der Waals surface area contributed by atoms with Crippen LogP contribution in [0.25, 0.3) is 0 Å². The van der Waals surface area contributed by atoms with Gasteiger partial charge in [0.05, 0.1) is 13.2 Å². The third-order valence-electron chi connectivity index (χ3n) is 5.88. The molecule has 0 aromatic carbocycles. The van der Waals surface area contributed by atoms with E-state index in [0.29, 0.717) is 5.69 Å². The zero-order valence-corrected chi connectivity index (χ0v) is 16.9. The molecule has 2 fully saturated rings. The van der Waals surface area contributed by atoms with Crippen LogP contribution in [0, 0.1) is 13.8 Å². The molecule has 8 nitrogen and oxygen atoms in total. The van der Waals surface area contributed by atoms with Crippen LogP contribution in [0.1, 0.15) is 46.3 Å². The minimum Gasteiger partial charge on any atom is -0.378 e. The maximum absolute atomic E-state index is 12.7. The Hall–Kier alpha value is -2.48. The Kier molecular flexibility index (Phi) is 5.30. The molecule has 0 N–H and O–H groups in total. The SMILES string of the molecule is Cc1nc(C2CCN(C(=O)c3ccnn3C)CC2)nc(N2CCOCC2)c1C. The highest BCUT2D eigenvalue weighted by Gasteiger charge is 2.28. The highest BCUT2D eigenvalue weighted by Crippen LogP contribution is 2.30. The molecule has 0 saturated carbocycles. The molecule has 0 aliphatic carbocycles. The van der Waals surface area contributed by atoms with Gasteiger partial charge in [-0.1, -0.05) is 0 Å². The van der Waals surface area contributed by atoms with Gasteiger partial charge in [0.1, 0.15) is 17.3 Å². The summed E-state index contributed by atoms with van der Waals surface area (Å²) in [6.07, 6.45) is 3.43. The zero-order valence-electron chi connectivity index (χ0n) is 16.9. The largest absolute Gasteiger partial charge is 0.378 e. The number of morpholine rings is 1. The van der Waals surface area contributed by atoms with Crippen molar-refractivity contribution in [3.05, 3.63) is 35.0 Å². The van der Waals surface area contributed by atoms with E-state index in [2.05, 4.69) is 23.8 Å². The van der Waals surface area contributed by atoms with Crippen molar-refractivity contribution in [1.29, 1.82) is 0 Å². The second-order valence-electron chi connectivity index (χ2n) is 7.62. The highest BCUT2D eigenvalue weighted by molar-refractivity contribution is 5.92. The summed E-state index contributed by atoms with van der Waals surface area (Å²) in [5.74, 6) is 2.29. The van der Waals surface area contributed by atoms with Gasteiger partial charge < -0.3 is 14.5 Å². The average Bonchev–Trinajstić information content (AvgIpc) is 3.16. The normalized spacial score (nSPS) is 18.5. The van der Waals surface area contributed by atoms with Crippen LogP contribution in [0.2, 0.25) is 0 Å². The standard InChI is InChI=1S/C20H28N6O2/c1-14-15(2)22-18(23-19(14)25-10-12-28-13-11-25)16-5-8-26(9-6-16)20(27)17-4-7-21-24(17)3/h4,7,16H,5-6,8-13H2,1-3H3. The molecule has 2 aliphatic heterocycles. The Bertz CT molecular complexity index is 850. The van der Waals surface area contributed by atoms with Crippen molar-refractivity contribution in [2.24, 2.45) is 7.05 Å². The van der Waals surface area contributed by atoms with Crippen LogP contribution in [-0.4, -0.2) is 69.9 Å². The minimum atomic E-state index is 0.0495. The number of rotatable bonds is 3. The number of carbonyl (C=O) groups is 1. The van der Waals surface area contributed by atoms with E-state index in [-0.39, 0.29) is 11.8 Å². The Labute approximate surface area is 165 Å². The Morgan fingerprint density at radius 1 is 1.11 bits per heavy atom. The van der Waals surface area contributed by atoms with Crippen molar-refractivity contribution in [3.8, 4) is 0 Å². The molecular formula is C20H28N6O2. The molecule has 2 saturated heterocycles. The molecule has 4 heterocycles. The summed E-state index contributed by atoms with van der Waals surface area (Å²) in [5, 5.41) is 4.10. The molecule has 0 unspecified atom stereocenters. The quantitative estimate of drug-likeness (QED) is 0.801.